The lowest BCUT2D eigenvalue weighted by atomic mass is 10.0. The molecule has 0 saturated heterocycles. The lowest BCUT2D eigenvalue weighted by molar-refractivity contribution is -0.384. The second-order valence-electron chi connectivity index (χ2n) is 4.31. The van der Waals surface area contributed by atoms with Crippen molar-refractivity contribution in [3.8, 4) is 0 Å². The molecule has 1 aromatic carbocycles. The minimum absolute atomic E-state index is 0.0571. The van der Waals surface area contributed by atoms with E-state index in [9.17, 15) is 19.7 Å². The fourth-order valence-electron chi connectivity index (χ4n) is 1.43. The lowest BCUT2D eigenvalue weighted by Gasteiger charge is -2.18. The average Bonchev–Trinajstić information content (AvgIpc) is 2.36. The van der Waals surface area contributed by atoms with Gasteiger partial charge in [-0.2, -0.15) is 0 Å². The molecule has 0 bridgehead atoms. The van der Waals surface area contributed by atoms with Crippen LogP contribution in [0.2, 0.25) is 5.02 Å². The van der Waals surface area contributed by atoms with Crippen LogP contribution in [-0.4, -0.2) is 27.9 Å². The number of carbonyl (C=O) groups is 2. The maximum absolute atomic E-state index is 11.9. The van der Waals surface area contributed by atoms with Gasteiger partial charge in [0.2, 0.25) is 0 Å². The number of carboxylic acid groups (broad SMARTS) is 1. The zero-order chi connectivity index (χ0) is 15.4. The summed E-state index contributed by atoms with van der Waals surface area (Å²) in [6.07, 6.45) is 0. The van der Waals surface area contributed by atoms with Crippen molar-refractivity contribution >= 4 is 29.2 Å². The number of halogens is 1. The van der Waals surface area contributed by atoms with Crippen molar-refractivity contribution in [2.45, 2.75) is 19.9 Å². The van der Waals surface area contributed by atoms with Gasteiger partial charge in [-0.1, -0.05) is 11.6 Å². The predicted octanol–water partition coefficient (Wildman–Crippen LogP) is 2.09. The van der Waals surface area contributed by atoms with E-state index in [4.69, 9.17) is 16.7 Å². The second kappa shape index (κ2) is 6.33. The van der Waals surface area contributed by atoms with E-state index >= 15 is 0 Å². The molecule has 1 amide bonds. The number of aliphatic carboxylic acids is 1. The first-order valence-corrected chi connectivity index (χ1v) is 6.09. The fourth-order valence-corrected chi connectivity index (χ4v) is 1.69. The molecule has 0 aliphatic rings. The number of carboxylic acids is 1. The molecule has 7 nitrogen and oxygen atoms in total. The van der Waals surface area contributed by atoms with E-state index in [1.54, 1.807) is 6.92 Å². The molecule has 0 fully saturated rings. The first kappa shape index (κ1) is 15.9. The topological polar surface area (TPSA) is 110 Å². The second-order valence-corrected chi connectivity index (χ2v) is 4.72. The SMILES string of the molecule is CC(NC(=O)c1ccc([N+](=O)[O-])cc1Cl)C(C)C(=O)O. The van der Waals surface area contributed by atoms with Crippen LogP contribution in [0.3, 0.4) is 0 Å². The summed E-state index contributed by atoms with van der Waals surface area (Å²) >= 11 is 5.81. The molecule has 0 heterocycles. The average molecular weight is 301 g/mol. The van der Waals surface area contributed by atoms with Gasteiger partial charge in [0.15, 0.2) is 0 Å². The molecule has 2 atom stereocenters. The molecule has 20 heavy (non-hydrogen) atoms. The summed E-state index contributed by atoms with van der Waals surface area (Å²) in [5.74, 6) is -2.38. The number of nitrogens with one attached hydrogen (secondary N) is 1. The van der Waals surface area contributed by atoms with Gasteiger partial charge in [0.25, 0.3) is 11.6 Å². The quantitative estimate of drug-likeness (QED) is 0.639. The highest BCUT2D eigenvalue weighted by Gasteiger charge is 2.23. The van der Waals surface area contributed by atoms with Gasteiger partial charge in [0.05, 0.1) is 21.4 Å². The van der Waals surface area contributed by atoms with Crippen LogP contribution in [0.4, 0.5) is 5.69 Å². The van der Waals surface area contributed by atoms with Crippen LogP contribution in [0.15, 0.2) is 18.2 Å². The number of benzene rings is 1. The molecule has 0 aliphatic carbocycles. The Morgan fingerprint density at radius 2 is 2.00 bits per heavy atom. The van der Waals surface area contributed by atoms with Crippen molar-refractivity contribution in [1.82, 2.24) is 5.32 Å². The van der Waals surface area contributed by atoms with Crippen molar-refractivity contribution in [2.24, 2.45) is 5.92 Å². The first-order chi connectivity index (χ1) is 9.23. The predicted molar refractivity (Wildman–Crippen MR) is 71.8 cm³/mol. The van der Waals surface area contributed by atoms with Crippen LogP contribution < -0.4 is 5.32 Å². The van der Waals surface area contributed by atoms with Crippen molar-refractivity contribution in [3.05, 3.63) is 38.9 Å². The summed E-state index contributed by atoms with van der Waals surface area (Å²) in [6.45, 7) is 3.01. The standard InChI is InChI=1S/C12H13ClN2O5/c1-6(12(17)18)7(2)14-11(16)9-4-3-8(15(19)20)5-10(9)13/h3-7H,1-2H3,(H,14,16)(H,17,18). The Hall–Kier alpha value is -2.15. The Bertz CT molecular complexity index is 561. The lowest BCUT2D eigenvalue weighted by Crippen LogP contribution is -2.40. The highest BCUT2D eigenvalue weighted by Crippen LogP contribution is 2.22. The van der Waals surface area contributed by atoms with Gasteiger partial charge in [0, 0.05) is 18.2 Å². The molecule has 2 N–H and O–H groups in total. The van der Waals surface area contributed by atoms with E-state index in [2.05, 4.69) is 5.32 Å². The molecule has 0 aliphatic heterocycles. The Labute approximate surface area is 119 Å². The zero-order valence-corrected chi connectivity index (χ0v) is 11.5. The van der Waals surface area contributed by atoms with Crippen molar-refractivity contribution in [2.75, 3.05) is 0 Å². The Kier molecular flexibility index (Phi) is 5.04. The van der Waals surface area contributed by atoms with Gasteiger partial charge in [-0.05, 0) is 19.9 Å². The number of non-ortho nitro benzene ring substituents is 1. The normalized spacial score (nSPS) is 13.3. The van der Waals surface area contributed by atoms with Gasteiger partial charge >= 0.3 is 5.97 Å². The molecular formula is C12H13ClN2O5. The number of carbonyl (C=O) groups excluding carboxylic acids is 1. The largest absolute Gasteiger partial charge is 0.481 e. The Morgan fingerprint density at radius 1 is 1.40 bits per heavy atom. The molecule has 0 spiro atoms. The number of rotatable bonds is 5. The molecule has 0 saturated carbocycles. The van der Waals surface area contributed by atoms with E-state index in [0.717, 1.165) is 12.1 Å². The van der Waals surface area contributed by atoms with Crippen LogP contribution in [0, 0.1) is 16.0 Å². The minimum atomic E-state index is -1.03. The van der Waals surface area contributed by atoms with Gasteiger partial charge in [0.1, 0.15) is 0 Å². The van der Waals surface area contributed by atoms with Gasteiger partial charge < -0.3 is 10.4 Å². The Balaban J connectivity index is 2.88. The highest BCUT2D eigenvalue weighted by atomic mass is 35.5. The summed E-state index contributed by atoms with van der Waals surface area (Å²) in [5, 5.41) is 21.8. The third-order valence-electron chi connectivity index (χ3n) is 2.91. The van der Waals surface area contributed by atoms with Crippen LogP contribution >= 0.6 is 11.6 Å². The number of nitro benzene ring substituents is 1. The van der Waals surface area contributed by atoms with Crippen LogP contribution in [0.5, 0.6) is 0 Å². The fraction of sp³-hybridized carbons (Fsp3) is 0.333. The third kappa shape index (κ3) is 3.67. The molecule has 0 aromatic heterocycles. The van der Waals surface area contributed by atoms with E-state index in [0.29, 0.717) is 0 Å². The van der Waals surface area contributed by atoms with Crippen LogP contribution in [0.1, 0.15) is 24.2 Å². The summed E-state index contributed by atoms with van der Waals surface area (Å²) in [5.41, 5.74) is -0.166. The molecular weight excluding hydrogens is 288 g/mol. The summed E-state index contributed by atoms with van der Waals surface area (Å²) in [4.78, 5) is 32.7. The summed E-state index contributed by atoms with van der Waals surface area (Å²) < 4.78 is 0. The summed E-state index contributed by atoms with van der Waals surface area (Å²) in [6, 6.07) is 2.85. The van der Waals surface area contributed by atoms with Crippen molar-refractivity contribution in [3.63, 3.8) is 0 Å². The van der Waals surface area contributed by atoms with Crippen molar-refractivity contribution < 1.29 is 19.6 Å². The first-order valence-electron chi connectivity index (χ1n) is 5.71. The molecule has 0 radical (unpaired) electrons. The number of amides is 1. The minimum Gasteiger partial charge on any atom is -0.481 e. The van der Waals surface area contributed by atoms with E-state index in [1.807, 2.05) is 0 Å². The molecule has 8 heteroatoms. The number of nitro groups is 1. The number of hydrogen-bond acceptors (Lipinski definition) is 4. The van der Waals surface area contributed by atoms with Gasteiger partial charge in [-0.3, -0.25) is 19.7 Å². The van der Waals surface area contributed by atoms with Crippen molar-refractivity contribution in [1.29, 1.82) is 0 Å². The van der Waals surface area contributed by atoms with Gasteiger partial charge in [-0.15, -0.1) is 0 Å². The summed E-state index contributed by atoms with van der Waals surface area (Å²) in [7, 11) is 0. The zero-order valence-electron chi connectivity index (χ0n) is 10.8. The van der Waals surface area contributed by atoms with Crippen LogP contribution in [0.25, 0.3) is 0 Å². The maximum atomic E-state index is 11.9. The monoisotopic (exact) mass is 300 g/mol. The number of nitrogens with zero attached hydrogens (tertiary/aromatic N) is 1. The third-order valence-corrected chi connectivity index (χ3v) is 3.22. The van der Waals surface area contributed by atoms with Gasteiger partial charge in [-0.25, -0.2) is 0 Å². The Morgan fingerprint density at radius 3 is 2.45 bits per heavy atom. The maximum Gasteiger partial charge on any atom is 0.308 e. The van der Waals surface area contributed by atoms with E-state index in [-0.39, 0.29) is 16.3 Å². The molecule has 2 unspecified atom stereocenters. The molecule has 108 valence electrons. The smallest absolute Gasteiger partial charge is 0.308 e. The van der Waals surface area contributed by atoms with E-state index in [1.165, 1.54) is 13.0 Å². The molecule has 1 aromatic rings. The molecule has 1 rings (SSSR count). The highest BCUT2D eigenvalue weighted by molar-refractivity contribution is 6.34. The van der Waals surface area contributed by atoms with Crippen LogP contribution in [-0.2, 0) is 4.79 Å². The number of hydrogen-bond donors (Lipinski definition) is 2. The van der Waals surface area contributed by atoms with E-state index < -0.39 is 28.8 Å².